The highest BCUT2D eigenvalue weighted by Crippen LogP contribution is 2.42. The molecule has 0 aromatic heterocycles. The van der Waals surface area contributed by atoms with Gasteiger partial charge in [-0.1, -0.05) is 11.6 Å². The van der Waals surface area contributed by atoms with Crippen LogP contribution < -0.4 is 15.4 Å². The third-order valence-corrected chi connectivity index (χ3v) is 4.24. The molecule has 1 amide bonds. The number of halogens is 1. The molecule has 0 aliphatic carbocycles. The average molecular weight is 292 g/mol. The van der Waals surface area contributed by atoms with Gasteiger partial charge < -0.3 is 15.4 Å². The maximum absolute atomic E-state index is 12.2. The second-order valence-electron chi connectivity index (χ2n) is 5.32. The number of nitrogens with zero attached hydrogens (tertiary/aromatic N) is 1. The van der Waals surface area contributed by atoms with Crippen LogP contribution >= 0.6 is 11.6 Å². The fourth-order valence-electron chi connectivity index (χ4n) is 3.03. The monoisotopic (exact) mass is 291 g/mol. The van der Waals surface area contributed by atoms with E-state index in [0.29, 0.717) is 10.8 Å². The number of nitrogens with one attached hydrogen (secondary N) is 2. The largest absolute Gasteiger partial charge is 0.478 e. The summed E-state index contributed by atoms with van der Waals surface area (Å²) in [6.45, 7) is 0.965. The zero-order valence-electron chi connectivity index (χ0n) is 10.7. The van der Waals surface area contributed by atoms with Crippen LogP contribution in [0.5, 0.6) is 5.75 Å². The molecule has 3 atom stereocenters. The SMILES string of the molecule is O=C1NC([C@@H]2CCCN2)=N[C@@H]2c3cc(Cl)ccc3O[C@H]12. The Hall–Kier alpha value is -1.59. The van der Waals surface area contributed by atoms with Crippen molar-refractivity contribution in [1.29, 1.82) is 0 Å². The smallest absolute Gasteiger partial charge is 0.269 e. The van der Waals surface area contributed by atoms with E-state index in [0.717, 1.165) is 30.8 Å². The van der Waals surface area contributed by atoms with Crippen LogP contribution in [-0.2, 0) is 4.79 Å². The van der Waals surface area contributed by atoms with Gasteiger partial charge in [0.05, 0.1) is 6.04 Å². The molecule has 4 rings (SSSR count). The van der Waals surface area contributed by atoms with Crippen LogP contribution in [0.25, 0.3) is 0 Å². The Morgan fingerprint density at radius 2 is 2.30 bits per heavy atom. The first-order valence-corrected chi connectivity index (χ1v) is 7.18. The Morgan fingerprint density at radius 3 is 3.10 bits per heavy atom. The number of hydrogen-bond acceptors (Lipinski definition) is 4. The molecule has 0 spiro atoms. The molecule has 0 saturated carbocycles. The van der Waals surface area contributed by atoms with Crippen LogP contribution in [0.4, 0.5) is 0 Å². The molecule has 3 heterocycles. The Bertz CT molecular complexity index is 610. The highest BCUT2D eigenvalue weighted by Gasteiger charge is 2.44. The lowest BCUT2D eigenvalue weighted by atomic mass is 10.0. The van der Waals surface area contributed by atoms with Gasteiger partial charge in [0.2, 0.25) is 6.10 Å². The molecule has 1 fully saturated rings. The van der Waals surface area contributed by atoms with E-state index >= 15 is 0 Å². The van der Waals surface area contributed by atoms with Gasteiger partial charge in [0.25, 0.3) is 5.91 Å². The summed E-state index contributed by atoms with van der Waals surface area (Å²) < 4.78 is 5.69. The predicted octanol–water partition coefficient (Wildman–Crippen LogP) is 1.42. The number of benzene rings is 1. The molecular formula is C14H14ClN3O2. The lowest BCUT2D eigenvalue weighted by Gasteiger charge is -2.25. The molecule has 6 heteroatoms. The summed E-state index contributed by atoms with van der Waals surface area (Å²) in [5.41, 5.74) is 0.896. The van der Waals surface area contributed by atoms with E-state index in [2.05, 4.69) is 10.6 Å². The number of amides is 1. The molecule has 1 saturated heterocycles. The van der Waals surface area contributed by atoms with Crippen molar-refractivity contribution in [2.45, 2.75) is 31.0 Å². The average Bonchev–Trinajstić information content (AvgIpc) is 3.06. The highest BCUT2D eigenvalue weighted by atomic mass is 35.5. The summed E-state index contributed by atoms with van der Waals surface area (Å²) in [6, 6.07) is 5.26. The molecule has 5 nitrogen and oxygen atoms in total. The summed E-state index contributed by atoms with van der Waals surface area (Å²) in [7, 11) is 0. The molecule has 0 radical (unpaired) electrons. The van der Waals surface area contributed by atoms with Gasteiger partial charge in [-0.15, -0.1) is 0 Å². The topological polar surface area (TPSA) is 62.7 Å². The van der Waals surface area contributed by atoms with Crippen molar-refractivity contribution < 1.29 is 9.53 Å². The lowest BCUT2D eigenvalue weighted by molar-refractivity contribution is -0.127. The molecule has 3 aliphatic heterocycles. The molecular weight excluding hydrogens is 278 g/mol. The van der Waals surface area contributed by atoms with Gasteiger partial charge >= 0.3 is 0 Å². The van der Waals surface area contributed by atoms with Crippen LogP contribution in [0.2, 0.25) is 5.02 Å². The number of fused-ring (bicyclic) bond motifs is 3. The van der Waals surface area contributed by atoms with Crippen molar-refractivity contribution in [3.8, 4) is 5.75 Å². The van der Waals surface area contributed by atoms with E-state index in [9.17, 15) is 4.79 Å². The molecule has 104 valence electrons. The molecule has 1 aromatic rings. The maximum Gasteiger partial charge on any atom is 0.269 e. The zero-order chi connectivity index (χ0) is 13.7. The van der Waals surface area contributed by atoms with Gasteiger partial charge in [-0.25, -0.2) is 0 Å². The molecule has 1 aromatic carbocycles. The number of carbonyl (C=O) groups excluding carboxylic acids is 1. The van der Waals surface area contributed by atoms with Crippen molar-refractivity contribution in [3.63, 3.8) is 0 Å². The summed E-state index contributed by atoms with van der Waals surface area (Å²) in [6.07, 6.45) is 1.53. The third kappa shape index (κ3) is 1.81. The van der Waals surface area contributed by atoms with E-state index in [1.807, 2.05) is 6.07 Å². The van der Waals surface area contributed by atoms with Crippen LogP contribution in [0, 0.1) is 0 Å². The standard InChI is InChI=1S/C14H14ClN3O2/c15-7-3-4-10-8(6-7)11-12(20-10)14(19)18-13(17-11)9-2-1-5-16-9/h3-4,6,9,11-12,16H,1-2,5H2,(H,17,18,19)/t9-,11+,12-/m0/s1. The summed E-state index contributed by atoms with van der Waals surface area (Å²) in [5.74, 6) is 1.30. The Morgan fingerprint density at radius 1 is 1.40 bits per heavy atom. The minimum absolute atomic E-state index is 0.124. The van der Waals surface area contributed by atoms with Crippen LogP contribution in [0.3, 0.4) is 0 Å². The van der Waals surface area contributed by atoms with Crippen LogP contribution in [-0.4, -0.2) is 30.4 Å². The maximum atomic E-state index is 12.2. The molecule has 0 bridgehead atoms. The molecule has 3 aliphatic rings. The first-order valence-electron chi connectivity index (χ1n) is 6.80. The quantitative estimate of drug-likeness (QED) is 0.823. The van der Waals surface area contributed by atoms with Gasteiger partial charge in [0.1, 0.15) is 17.6 Å². The minimum Gasteiger partial charge on any atom is -0.478 e. The second-order valence-corrected chi connectivity index (χ2v) is 5.75. The van der Waals surface area contributed by atoms with Crippen LogP contribution in [0.15, 0.2) is 23.2 Å². The Kier molecular flexibility index (Phi) is 2.72. The van der Waals surface area contributed by atoms with Crippen LogP contribution in [0.1, 0.15) is 24.4 Å². The van der Waals surface area contributed by atoms with Crippen molar-refractivity contribution in [3.05, 3.63) is 28.8 Å². The fourth-order valence-corrected chi connectivity index (χ4v) is 3.21. The van der Waals surface area contributed by atoms with E-state index in [4.69, 9.17) is 21.3 Å². The van der Waals surface area contributed by atoms with E-state index in [1.165, 1.54) is 0 Å². The number of ether oxygens (including phenoxy) is 1. The Balaban J connectivity index is 1.74. The highest BCUT2D eigenvalue weighted by molar-refractivity contribution is 6.30. The van der Waals surface area contributed by atoms with Gasteiger partial charge in [-0.05, 0) is 37.6 Å². The summed E-state index contributed by atoms with van der Waals surface area (Å²) in [4.78, 5) is 16.9. The predicted molar refractivity (Wildman–Crippen MR) is 75.2 cm³/mol. The third-order valence-electron chi connectivity index (χ3n) is 4.01. The lowest BCUT2D eigenvalue weighted by Crippen LogP contribution is -2.52. The van der Waals surface area contributed by atoms with Crippen molar-refractivity contribution >= 4 is 23.3 Å². The van der Waals surface area contributed by atoms with E-state index in [-0.39, 0.29) is 18.0 Å². The zero-order valence-corrected chi connectivity index (χ0v) is 11.5. The molecule has 20 heavy (non-hydrogen) atoms. The summed E-state index contributed by atoms with van der Waals surface area (Å²) >= 11 is 6.04. The van der Waals surface area contributed by atoms with Gasteiger partial charge in [-0.3, -0.25) is 9.79 Å². The first kappa shape index (κ1) is 12.2. The number of rotatable bonds is 1. The van der Waals surface area contributed by atoms with Gasteiger partial charge in [0, 0.05) is 10.6 Å². The molecule has 2 N–H and O–H groups in total. The minimum atomic E-state index is -0.575. The van der Waals surface area contributed by atoms with E-state index < -0.39 is 6.10 Å². The summed E-state index contributed by atoms with van der Waals surface area (Å²) in [5, 5.41) is 6.85. The number of carbonyl (C=O) groups is 1. The number of hydrogen-bond donors (Lipinski definition) is 2. The van der Waals surface area contributed by atoms with E-state index in [1.54, 1.807) is 12.1 Å². The van der Waals surface area contributed by atoms with Gasteiger partial charge in [0.15, 0.2) is 0 Å². The normalized spacial score (nSPS) is 31.1. The molecule has 0 unspecified atom stereocenters. The number of amidine groups is 1. The fraction of sp³-hybridized carbons (Fsp3) is 0.429. The van der Waals surface area contributed by atoms with Crippen molar-refractivity contribution in [1.82, 2.24) is 10.6 Å². The Labute approximate surface area is 121 Å². The second kappa shape index (κ2) is 4.46. The van der Waals surface area contributed by atoms with Crippen molar-refractivity contribution in [2.24, 2.45) is 4.99 Å². The van der Waals surface area contributed by atoms with Gasteiger partial charge in [-0.2, -0.15) is 0 Å². The first-order chi connectivity index (χ1) is 9.72. The van der Waals surface area contributed by atoms with Crippen molar-refractivity contribution in [2.75, 3.05) is 6.54 Å². The number of aliphatic imine (C=N–C) groups is 1.